The number of hydrogen-bond donors (Lipinski definition) is 1. The average Bonchev–Trinajstić information content (AvgIpc) is 2.86. The molecule has 0 radical (unpaired) electrons. The lowest BCUT2D eigenvalue weighted by molar-refractivity contribution is 0.174. The molecule has 0 spiro atoms. The van der Waals surface area contributed by atoms with E-state index in [0.717, 1.165) is 29.6 Å². The average molecular weight is 312 g/mol. The van der Waals surface area contributed by atoms with Gasteiger partial charge in [-0.2, -0.15) is 0 Å². The Hall–Kier alpha value is -1.42. The minimum Gasteiger partial charge on any atom is -0.454 e. The summed E-state index contributed by atoms with van der Waals surface area (Å²) in [5, 5.41) is 4.15. The molecular formula is C15H15Cl2NO2. The van der Waals surface area contributed by atoms with Crippen LogP contribution in [0, 0.1) is 0 Å². The molecular weight excluding hydrogens is 297 g/mol. The van der Waals surface area contributed by atoms with Crippen LogP contribution in [-0.4, -0.2) is 6.79 Å². The Morgan fingerprint density at radius 1 is 0.950 bits per heavy atom. The Morgan fingerprint density at radius 2 is 1.70 bits per heavy atom. The second-order valence-corrected chi connectivity index (χ2v) is 4.86. The smallest absolute Gasteiger partial charge is 0.231 e. The third-order valence-corrected chi connectivity index (χ3v) is 3.22. The second kappa shape index (κ2) is 6.84. The van der Waals surface area contributed by atoms with Gasteiger partial charge in [0.2, 0.25) is 6.79 Å². The molecule has 0 fully saturated rings. The normalized spacial score (nSPS) is 12.1. The molecule has 1 N–H and O–H groups in total. The highest BCUT2D eigenvalue weighted by Crippen LogP contribution is 2.32. The van der Waals surface area contributed by atoms with Crippen molar-refractivity contribution in [1.29, 1.82) is 0 Å². The van der Waals surface area contributed by atoms with E-state index in [-0.39, 0.29) is 12.4 Å². The monoisotopic (exact) mass is 311 g/mol. The van der Waals surface area contributed by atoms with E-state index in [1.807, 2.05) is 36.4 Å². The predicted octanol–water partition coefficient (Wildman–Crippen LogP) is 3.78. The molecule has 20 heavy (non-hydrogen) atoms. The maximum atomic E-state index is 5.95. The summed E-state index contributed by atoms with van der Waals surface area (Å²) < 4.78 is 10.6. The summed E-state index contributed by atoms with van der Waals surface area (Å²) in [6.07, 6.45) is 0. The Labute approximate surface area is 129 Å². The van der Waals surface area contributed by atoms with E-state index in [2.05, 4.69) is 11.4 Å². The number of ether oxygens (including phenoxy) is 2. The van der Waals surface area contributed by atoms with E-state index >= 15 is 0 Å². The van der Waals surface area contributed by atoms with Crippen LogP contribution in [0.1, 0.15) is 11.1 Å². The molecule has 2 aromatic carbocycles. The largest absolute Gasteiger partial charge is 0.454 e. The van der Waals surface area contributed by atoms with Gasteiger partial charge in [0, 0.05) is 18.1 Å². The molecule has 106 valence electrons. The minimum atomic E-state index is 0. The zero-order valence-electron chi connectivity index (χ0n) is 10.8. The van der Waals surface area contributed by atoms with Crippen molar-refractivity contribution in [3.63, 3.8) is 0 Å². The van der Waals surface area contributed by atoms with Crippen LogP contribution in [0.4, 0.5) is 0 Å². The first-order valence-corrected chi connectivity index (χ1v) is 6.53. The summed E-state index contributed by atoms with van der Waals surface area (Å²) in [5.74, 6) is 1.64. The third-order valence-electron chi connectivity index (χ3n) is 2.98. The van der Waals surface area contributed by atoms with Gasteiger partial charge >= 0.3 is 0 Å². The molecule has 1 aliphatic rings. The lowest BCUT2D eigenvalue weighted by Crippen LogP contribution is -2.12. The maximum absolute atomic E-state index is 5.95. The van der Waals surface area contributed by atoms with Gasteiger partial charge in [0.15, 0.2) is 11.5 Å². The van der Waals surface area contributed by atoms with E-state index in [0.29, 0.717) is 6.79 Å². The van der Waals surface area contributed by atoms with Crippen LogP contribution < -0.4 is 14.8 Å². The first kappa shape index (κ1) is 15.0. The fraction of sp³-hybridized carbons (Fsp3) is 0.200. The summed E-state index contributed by atoms with van der Waals surface area (Å²) >= 11 is 5.95. The third kappa shape index (κ3) is 3.57. The van der Waals surface area contributed by atoms with Gasteiger partial charge in [-0.25, -0.2) is 0 Å². The molecule has 2 aromatic rings. The molecule has 1 heterocycles. The molecule has 0 bridgehead atoms. The quantitative estimate of drug-likeness (QED) is 0.932. The van der Waals surface area contributed by atoms with Gasteiger partial charge in [-0.1, -0.05) is 29.8 Å². The first-order valence-electron chi connectivity index (χ1n) is 6.15. The van der Waals surface area contributed by atoms with Crippen molar-refractivity contribution in [3.8, 4) is 11.5 Å². The maximum Gasteiger partial charge on any atom is 0.231 e. The van der Waals surface area contributed by atoms with Crippen LogP contribution >= 0.6 is 24.0 Å². The SMILES string of the molecule is Cl.Clc1cccc(CNCc2ccc3c(c2)OCO3)c1. The molecule has 5 heteroatoms. The van der Waals surface area contributed by atoms with Crippen molar-refractivity contribution in [2.75, 3.05) is 6.79 Å². The molecule has 0 aliphatic carbocycles. The molecule has 0 unspecified atom stereocenters. The molecule has 0 saturated heterocycles. The van der Waals surface area contributed by atoms with Gasteiger partial charge in [0.1, 0.15) is 0 Å². The van der Waals surface area contributed by atoms with Gasteiger partial charge in [-0.3, -0.25) is 0 Å². The first-order chi connectivity index (χ1) is 9.31. The summed E-state index contributed by atoms with van der Waals surface area (Å²) in [4.78, 5) is 0. The molecule has 0 amide bonds. The zero-order valence-corrected chi connectivity index (χ0v) is 12.3. The highest BCUT2D eigenvalue weighted by atomic mass is 35.5. The Bertz CT molecular complexity index is 590. The Balaban J connectivity index is 0.00000147. The van der Waals surface area contributed by atoms with E-state index in [1.54, 1.807) is 0 Å². The number of nitrogens with one attached hydrogen (secondary N) is 1. The van der Waals surface area contributed by atoms with Crippen LogP contribution in [0.25, 0.3) is 0 Å². The fourth-order valence-corrected chi connectivity index (χ4v) is 2.26. The molecule has 0 aromatic heterocycles. The zero-order chi connectivity index (χ0) is 13.1. The van der Waals surface area contributed by atoms with Gasteiger partial charge in [-0.15, -0.1) is 12.4 Å². The number of fused-ring (bicyclic) bond motifs is 1. The predicted molar refractivity (Wildman–Crippen MR) is 81.8 cm³/mol. The topological polar surface area (TPSA) is 30.5 Å². The van der Waals surface area contributed by atoms with Crippen LogP contribution in [0.3, 0.4) is 0 Å². The van der Waals surface area contributed by atoms with Crippen molar-refractivity contribution >= 4 is 24.0 Å². The molecule has 0 saturated carbocycles. The number of hydrogen-bond acceptors (Lipinski definition) is 3. The lowest BCUT2D eigenvalue weighted by atomic mass is 10.2. The molecule has 1 aliphatic heterocycles. The highest BCUT2D eigenvalue weighted by Gasteiger charge is 2.12. The van der Waals surface area contributed by atoms with Gasteiger partial charge in [0.25, 0.3) is 0 Å². The van der Waals surface area contributed by atoms with Crippen molar-refractivity contribution < 1.29 is 9.47 Å². The van der Waals surface area contributed by atoms with Crippen molar-refractivity contribution in [3.05, 3.63) is 58.6 Å². The second-order valence-electron chi connectivity index (χ2n) is 4.42. The summed E-state index contributed by atoms with van der Waals surface area (Å²) in [6, 6.07) is 13.8. The van der Waals surface area contributed by atoms with Gasteiger partial charge < -0.3 is 14.8 Å². The van der Waals surface area contributed by atoms with E-state index in [9.17, 15) is 0 Å². The molecule has 0 atom stereocenters. The van der Waals surface area contributed by atoms with Crippen molar-refractivity contribution in [2.45, 2.75) is 13.1 Å². The molecule has 3 nitrogen and oxygen atoms in total. The van der Waals surface area contributed by atoms with Gasteiger partial charge in [0.05, 0.1) is 0 Å². The minimum absolute atomic E-state index is 0. The van der Waals surface area contributed by atoms with Crippen LogP contribution in [0.15, 0.2) is 42.5 Å². The summed E-state index contributed by atoms with van der Waals surface area (Å²) in [5.41, 5.74) is 2.35. The summed E-state index contributed by atoms with van der Waals surface area (Å²) in [7, 11) is 0. The number of benzene rings is 2. The van der Waals surface area contributed by atoms with Crippen molar-refractivity contribution in [2.24, 2.45) is 0 Å². The fourth-order valence-electron chi connectivity index (χ4n) is 2.05. The summed E-state index contributed by atoms with van der Waals surface area (Å²) in [6.45, 7) is 1.88. The highest BCUT2D eigenvalue weighted by molar-refractivity contribution is 6.30. The van der Waals surface area contributed by atoms with Crippen LogP contribution in [0.5, 0.6) is 11.5 Å². The number of rotatable bonds is 4. The van der Waals surface area contributed by atoms with Gasteiger partial charge in [-0.05, 0) is 35.4 Å². The van der Waals surface area contributed by atoms with E-state index in [1.165, 1.54) is 11.1 Å². The van der Waals surface area contributed by atoms with Crippen LogP contribution in [-0.2, 0) is 13.1 Å². The molecule has 3 rings (SSSR count). The number of halogens is 2. The Kier molecular flexibility index (Phi) is 5.12. The van der Waals surface area contributed by atoms with E-state index < -0.39 is 0 Å². The van der Waals surface area contributed by atoms with E-state index in [4.69, 9.17) is 21.1 Å². The van der Waals surface area contributed by atoms with Crippen LogP contribution in [0.2, 0.25) is 5.02 Å². The lowest BCUT2D eigenvalue weighted by Gasteiger charge is -2.06. The van der Waals surface area contributed by atoms with Crippen molar-refractivity contribution in [1.82, 2.24) is 5.32 Å². The Morgan fingerprint density at radius 3 is 2.50 bits per heavy atom. The standard InChI is InChI=1S/C15H14ClNO2.ClH/c16-13-3-1-2-11(6-13)8-17-9-12-4-5-14-15(7-12)19-10-18-14;/h1-7,17H,8-10H2;1H.